The normalized spacial score (nSPS) is 14.4. The molecule has 1 aromatic carbocycles. The van der Waals surface area contributed by atoms with Gasteiger partial charge in [-0.3, -0.25) is 9.59 Å². The van der Waals surface area contributed by atoms with E-state index in [1.165, 1.54) is 0 Å². The molecule has 0 aromatic heterocycles. The zero-order valence-electron chi connectivity index (χ0n) is 15.4. The van der Waals surface area contributed by atoms with Crippen molar-refractivity contribution in [1.82, 2.24) is 10.6 Å². The summed E-state index contributed by atoms with van der Waals surface area (Å²) in [6, 6.07) is 7.23. The van der Waals surface area contributed by atoms with Gasteiger partial charge in [0.2, 0.25) is 11.8 Å². The van der Waals surface area contributed by atoms with E-state index in [1.807, 2.05) is 52.0 Å². The first-order chi connectivity index (χ1) is 11.4. The molecule has 0 saturated heterocycles. The van der Waals surface area contributed by atoms with Crippen LogP contribution in [-0.2, 0) is 9.59 Å². The molecule has 0 aliphatic heterocycles. The first kappa shape index (κ1) is 20.0. The van der Waals surface area contributed by atoms with Gasteiger partial charge in [0.1, 0.15) is 5.75 Å². The maximum Gasteiger partial charge on any atom is 0.223 e. The minimum Gasteiger partial charge on any atom is -0.496 e. The van der Waals surface area contributed by atoms with Crippen LogP contribution < -0.4 is 15.4 Å². The van der Waals surface area contributed by atoms with Gasteiger partial charge >= 0.3 is 0 Å². The molecule has 0 aliphatic carbocycles. The van der Waals surface area contributed by atoms with Gasteiger partial charge in [0.15, 0.2) is 0 Å². The zero-order valence-corrected chi connectivity index (χ0v) is 15.4. The lowest BCUT2D eigenvalue weighted by Crippen LogP contribution is -2.41. The number of hydrogen-bond acceptors (Lipinski definition) is 3. The van der Waals surface area contributed by atoms with E-state index >= 15 is 0 Å². The second kappa shape index (κ2) is 9.96. The number of rotatable bonds is 9. The number of nitrogens with one attached hydrogen (secondary N) is 2. The van der Waals surface area contributed by atoms with E-state index in [0.717, 1.165) is 18.4 Å². The summed E-state index contributed by atoms with van der Waals surface area (Å²) in [7, 11) is 1.60. The Kier molecular flexibility index (Phi) is 8.30. The van der Waals surface area contributed by atoms with Crippen molar-refractivity contribution < 1.29 is 14.3 Å². The maximum absolute atomic E-state index is 12.3. The Morgan fingerprint density at radius 1 is 1.04 bits per heavy atom. The number of carbonyl (C=O) groups excluding carboxylic acids is 2. The van der Waals surface area contributed by atoms with Crippen molar-refractivity contribution in [2.45, 2.75) is 46.6 Å². The van der Waals surface area contributed by atoms with E-state index in [1.54, 1.807) is 7.11 Å². The average molecular weight is 334 g/mol. The van der Waals surface area contributed by atoms with Gasteiger partial charge in [-0.25, -0.2) is 0 Å². The maximum atomic E-state index is 12.3. The van der Waals surface area contributed by atoms with Crippen LogP contribution in [0.25, 0.3) is 0 Å². The van der Waals surface area contributed by atoms with Gasteiger partial charge in [-0.2, -0.15) is 0 Å². The number of amides is 2. The van der Waals surface area contributed by atoms with E-state index in [-0.39, 0.29) is 29.7 Å². The Morgan fingerprint density at radius 3 is 2.21 bits per heavy atom. The molecule has 1 aromatic rings. The molecule has 0 saturated carbocycles. The average Bonchev–Trinajstić information content (AvgIpc) is 2.62. The van der Waals surface area contributed by atoms with Crippen LogP contribution in [0.3, 0.4) is 0 Å². The van der Waals surface area contributed by atoms with Gasteiger partial charge in [0.05, 0.1) is 13.2 Å². The monoisotopic (exact) mass is 334 g/mol. The summed E-state index contributed by atoms with van der Waals surface area (Å²) >= 11 is 0. The molecule has 24 heavy (non-hydrogen) atoms. The van der Waals surface area contributed by atoms with Crippen LogP contribution in [0.5, 0.6) is 5.75 Å². The molecule has 2 N–H and O–H groups in total. The molecule has 0 bridgehead atoms. The van der Waals surface area contributed by atoms with Gasteiger partial charge < -0.3 is 15.4 Å². The Hall–Kier alpha value is -2.04. The summed E-state index contributed by atoms with van der Waals surface area (Å²) in [6.45, 7) is 8.09. The van der Waals surface area contributed by atoms with Crippen LogP contribution in [-0.4, -0.2) is 25.5 Å². The quantitative estimate of drug-likeness (QED) is 0.729. The largest absolute Gasteiger partial charge is 0.496 e. The fourth-order valence-electron chi connectivity index (χ4n) is 2.25. The van der Waals surface area contributed by atoms with Gasteiger partial charge in [0.25, 0.3) is 0 Å². The van der Waals surface area contributed by atoms with E-state index in [4.69, 9.17) is 4.74 Å². The highest BCUT2D eigenvalue weighted by molar-refractivity contribution is 5.80. The second-order valence-electron chi connectivity index (χ2n) is 6.17. The Morgan fingerprint density at radius 2 is 1.62 bits per heavy atom. The summed E-state index contributed by atoms with van der Waals surface area (Å²) in [6.07, 6.45) is 1.55. The number of ether oxygens (including phenoxy) is 1. The molecule has 0 heterocycles. The fourth-order valence-corrected chi connectivity index (χ4v) is 2.25. The summed E-state index contributed by atoms with van der Waals surface area (Å²) in [4.78, 5) is 24.4. The van der Waals surface area contributed by atoms with Crippen LogP contribution in [0.1, 0.15) is 52.1 Å². The van der Waals surface area contributed by atoms with Gasteiger partial charge in [-0.1, -0.05) is 45.9 Å². The molecule has 5 nitrogen and oxygen atoms in total. The van der Waals surface area contributed by atoms with Crippen molar-refractivity contribution in [1.29, 1.82) is 0 Å². The number of methoxy groups -OCH3 is 1. The van der Waals surface area contributed by atoms with E-state index in [9.17, 15) is 9.59 Å². The van der Waals surface area contributed by atoms with Crippen LogP contribution in [0, 0.1) is 11.8 Å². The third-order valence-corrected chi connectivity index (χ3v) is 4.43. The predicted octanol–water partition coefficient (Wildman–Crippen LogP) is 3.06. The van der Waals surface area contributed by atoms with Crippen LogP contribution >= 0.6 is 0 Å². The molecular formula is C19H30N2O3. The summed E-state index contributed by atoms with van der Waals surface area (Å²) in [5.41, 5.74) is 0.862. The molecule has 0 unspecified atom stereocenters. The van der Waals surface area contributed by atoms with Crippen molar-refractivity contribution >= 4 is 11.8 Å². The minimum atomic E-state index is -0.323. The number of hydrogen-bond donors (Lipinski definition) is 2. The van der Waals surface area contributed by atoms with Crippen molar-refractivity contribution in [3.05, 3.63) is 29.8 Å². The predicted molar refractivity (Wildman–Crippen MR) is 95.8 cm³/mol. The Labute approximate surface area is 145 Å². The van der Waals surface area contributed by atoms with Crippen LogP contribution in [0.4, 0.5) is 0 Å². The minimum absolute atomic E-state index is 0.00446. The highest BCUT2D eigenvalue weighted by atomic mass is 16.5. The molecule has 2 amide bonds. The van der Waals surface area contributed by atoms with E-state index in [2.05, 4.69) is 10.6 Å². The third-order valence-electron chi connectivity index (χ3n) is 4.43. The molecule has 1 rings (SSSR count). The number of benzene rings is 1. The Balaban J connectivity index is 2.94. The summed E-state index contributed by atoms with van der Waals surface area (Å²) in [5, 5.41) is 5.97. The smallest absolute Gasteiger partial charge is 0.223 e. The lowest BCUT2D eigenvalue weighted by molar-refractivity contribution is -0.127. The lowest BCUT2D eigenvalue weighted by atomic mass is 10.0. The first-order valence-corrected chi connectivity index (χ1v) is 8.65. The molecule has 3 atom stereocenters. The van der Waals surface area contributed by atoms with Gasteiger partial charge in [0, 0.05) is 23.9 Å². The SMILES string of the molecule is CC[C@@H](C)C(=O)N[C@H](CNC(=O)[C@@H](C)CC)c1ccccc1OC. The zero-order chi connectivity index (χ0) is 18.1. The van der Waals surface area contributed by atoms with Crippen molar-refractivity contribution in [3.63, 3.8) is 0 Å². The first-order valence-electron chi connectivity index (χ1n) is 8.65. The van der Waals surface area contributed by atoms with Crippen molar-refractivity contribution in [2.24, 2.45) is 11.8 Å². The van der Waals surface area contributed by atoms with E-state index in [0.29, 0.717) is 12.3 Å². The molecule has 0 fully saturated rings. The molecular weight excluding hydrogens is 304 g/mol. The lowest BCUT2D eigenvalue weighted by Gasteiger charge is -2.24. The molecule has 0 aliphatic rings. The van der Waals surface area contributed by atoms with Gasteiger partial charge in [-0.15, -0.1) is 0 Å². The van der Waals surface area contributed by atoms with E-state index < -0.39 is 0 Å². The van der Waals surface area contributed by atoms with Gasteiger partial charge in [-0.05, 0) is 18.9 Å². The van der Waals surface area contributed by atoms with Crippen molar-refractivity contribution in [2.75, 3.05) is 13.7 Å². The number of para-hydroxylation sites is 1. The standard InChI is InChI=1S/C19H30N2O3/c1-6-13(3)18(22)20-12-16(21-19(23)14(4)7-2)15-10-8-9-11-17(15)24-5/h8-11,13-14,16H,6-7,12H2,1-5H3,(H,20,22)(H,21,23)/t13-,14+,16+/m0/s1. The molecule has 0 radical (unpaired) electrons. The highest BCUT2D eigenvalue weighted by Crippen LogP contribution is 2.25. The number of carbonyl (C=O) groups is 2. The summed E-state index contributed by atoms with van der Waals surface area (Å²) < 4.78 is 5.41. The molecule has 5 heteroatoms. The topological polar surface area (TPSA) is 67.4 Å². The van der Waals surface area contributed by atoms with Crippen LogP contribution in [0.2, 0.25) is 0 Å². The molecule has 134 valence electrons. The summed E-state index contributed by atoms with van der Waals surface area (Å²) in [5.74, 6) is 0.548. The fraction of sp³-hybridized carbons (Fsp3) is 0.579. The second-order valence-corrected chi connectivity index (χ2v) is 6.17. The van der Waals surface area contributed by atoms with Crippen molar-refractivity contribution in [3.8, 4) is 5.75 Å². The van der Waals surface area contributed by atoms with Crippen LogP contribution in [0.15, 0.2) is 24.3 Å². The highest BCUT2D eigenvalue weighted by Gasteiger charge is 2.22. The third kappa shape index (κ3) is 5.55. The Bertz CT molecular complexity index is 545. The molecule has 0 spiro atoms.